The predicted octanol–water partition coefficient (Wildman–Crippen LogP) is 4.80. The van der Waals surface area contributed by atoms with Crippen LogP contribution in [0.1, 0.15) is 59.8 Å². The van der Waals surface area contributed by atoms with Gasteiger partial charge in [-0.05, 0) is 60.8 Å². The summed E-state index contributed by atoms with van der Waals surface area (Å²) < 4.78 is 0. The van der Waals surface area contributed by atoms with E-state index >= 15 is 0 Å². The van der Waals surface area contributed by atoms with E-state index in [0.717, 1.165) is 38.5 Å². The molecule has 2 atom stereocenters. The molecule has 2 aliphatic carbocycles. The SMILES string of the molecule is O=C(C1CCCc2ccccc21)C1CCCc2ccccc21. The zero-order valence-corrected chi connectivity index (χ0v) is 12.9. The summed E-state index contributed by atoms with van der Waals surface area (Å²) in [6, 6.07) is 17.1. The smallest absolute Gasteiger partial charge is 0.147 e. The predicted molar refractivity (Wildman–Crippen MR) is 89.2 cm³/mol. The van der Waals surface area contributed by atoms with Crippen molar-refractivity contribution in [2.75, 3.05) is 0 Å². The summed E-state index contributed by atoms with van der Waals surface area (Å²) in [5, 5.41) is 0. The fourth-order valence-corrected chi connectivity index (χ4v) is 4.34. The molecule has 2 unspecified atom stereocenters. The molecule has 0 radical (unpaired) electrons. The van der Waals surface area contributed by atoms with E-state index in [-0.39, 0.29) is 11.8 Å². The van der Waals surface area contributed by atoms with Crippen LogP contribution in [0.25, 0.3) is 0 Å². The fraction of sp³-hybridized carbons (Fsp3) is 0.381. The van der Waals surface area contributed by atoms with Gasteiger partial charge in [-0.3, -0.25) is 4.79 Å². The van der Waals surface area contributed by atoms with Gasteiger partial charge in [0.25, 0.3) is 0 Å². The molecule has 0 spiro atoms. The molecule has 0 fully saturated rings. The van der Waals surface area contributed by atoms with Crippen LogP contribution >= 0.6 is 0 Å². The van der Waals surface area contributed by atoms with Crippen molar-refractivity contribution >= 4 is 5.78 Å². The summed E-state index contributed by atoms with van der Waals surface area (Å²) in [6.07, 6.45) is 6.58. The minimum Gasteiger partial charge on any atom is -0.298 e. The van der Waals surface area contributed by atoms with Crippen molar-refractivity contribution in [1.29, 1.82) is 0 Å². The standard InChI is InChI=1S/C21H22O/c22-21(19-13-5-9-15-7-1-3-11-17(15)19)20-14-6-10-16-8-2-4-12-18(16)20/h1-4,7-8,11-12,19-20H,5-6,9-10,13-14H2. The molecule has 1 heteroatoms. The molecule has 0 amide bonds. The van der Waals surface area contributed by atoms with Crippen molar-refractivity contribution in [3.05, 3.63) is 70.8 Å². The van der Waals surface area contributed by atoms with Crippen LogP contribution in [0.5, 0.6) is 0 Å². The highest BCUT2D eigenvalue weighted by Gasteiger charge is 2.34. The Hall–Kier alpha value is -1.89. The molecule has 22 heavy (non-hydrogen) atoms. The summed E-state index contributed by atoms with van der Waals surface area (Å²) in [5.41, 5.74) is 5.36. The molecule has 0 saturated heterocycles. The maximum Gasteiger partial charge on any atom is 0.147 e. The van der Waals surface area contributed by atoms with Gasteiger partial charge in [-0.25, -0.2) is 0 Å². The second kappa shape index (κ2) is 5.72. The second-order valence-electron chi connectivity index (χ2n) is 6.69. The van der Waals surface area contributed by atoms with Gasteiger partial charge in [-0.2, -0.15) is 0 Å². The maximum absolute atomic E-state index is 13.3. The van der Waals surface area contributed by atoms with E-state index in [4.69, 9.17) is 0 Å². The first-order chi connectivity index (χ1) is 10.8. The molecule has 2 aliphatic rings. The topological polar surface area (TPSA) is 17.1 Å². The summed E-state index contributed by atoms with van der Waals surface area (Å²) in [6.45, 7) is 0. The second-order valence-corrected chi connectivity index (χ2v) is 6.69. The number of rotatable bonds is 2. The molecular weight excluding hydrogens is 268 g/mol. The lowest BCUT2D eigenvalue weighted by molar-refractivity contribution is -0.122. The third-order valence-electron chi connectivity index (χ3n) is 5.43. The lowest BCUT2D eigenvalue weighted by atomic mass is 9.72. The summed E-state index contributed by atoms with van der Waals surface area (Å²) in [4.78, 5) is 13.3. The minimum absolute atomic E-state index is 0.112. The first-order valence-corrected chi connectivity index (χ1v) is 8.54. The quantitative estimate of drug-likeness (QED) is 0.776. The molecule has 112 valence electrons. The maximum atomic E-state index is 13.3. The van der Waals surface area contributed by atoms with Gasteiger partial charge < -0.3 is 0 Å². The Morgan fingerprint density at radius 3 is 1.68 bits per heavy atom. The Labute approximate surface area is 132 Å². The normalized spacial score (nSPS) is 23.5. The van der Waals surface area contributed by atoms with Gasteiger partial charge in [-0.15, -0.1) is 0 Å². The minimum atomic E-state index is 0.112. The number of fused-ring (bicyclic) bond motifs is 2. The van der Waals surface area contributed by atoms with Crippen LogP contribution in [0.15, 0.2) is 48.5 Å². The van der Waals surface area contributed by atoms with Gasteiger partial charge in [0.15, 0.2) is 0 Å². The first kappa shape index (κ1) is 13.8. The first-order valence-electron chi connectivity index (χ1n) is 8.54. The Kier molecular flexibility index (Phi) is 3.57. The lowest BCUT2D eigenvalue weighted by Crippen LogP contribution is -2.26. The van der Waals surface area contributed by atoms with E-state index in [9.17, 15) is 4.79 Å². The van der Waals surface area contributed by atoms with Gasteiger partial charge in [0.05, 0.1) is 0 Å². The Balaban J connectivity index is 1.69. The van der Waals surface area contributed by atoms with Crippen molar-refractivity contribution in [3.63, 3.8) is 0 Å². The van der Waals surface area contributed by atoms with Crippen molar-refractivity contribution in [2.45, 2.75) is 50.4 Å². The summed E-state index contributed by atoms with van der Waals surface area (Å²) in [7, 11) is 0. The molecule has 2 aromatic rings. The molecule has 0 saturated carbocycles. The lowest BCUT2D eigenvalue weighted by Gasteiger charge is -2.31. The van der Waals surface area contributed by atoms with E-state index in [1.807, 2.05) is 0 Å². The third kappa shape index (κ3) is 2.29. The van der Waals surface area contributed by atoms with E-state index < -0.39 is 0 Å². The Morgan fingerprint density at radius 2 is 1.18 bits per heavy atom. The van der Waals surface area contributed by atoms with Crippen LogP contribution in [0, 0.1) is 0 Å². The van der Waals surface area contributed by atoms with Crippen molar-refractivity contribution in [3.8, 4) is 0 Å². The van der Waals surface area contributed by atoms with E-state index in [0.29, 0.717) is 5.78 Å². The van der Waals surface area contributed by atoms with Crippen LogP contribution < -0.4 is 0 Å². The summed E-state index contributed by atoms with van der Waals surface area (Å²) >= 11 is 0. The number of ketones is 1. The number of carbonyl (C=O) groups is 1. The summed E-state index contributed by atoms with van der Waals surface area (Å²) in [5.74, 6) is 0.682. The van der Waals surface area contributed by atoms with Crippen molar-refractivity contribution in [1.82, 2.24) is 0 Å². The number of aryl methyl sites for hydroxylation is 2. The molecule has 0 N–H and O–H groups in total. The number of carbonyl (C=O) groups excluding carboxylic acids is 1. The van der Waals surface area contributed by atoms with Crippen LogP contribution in [0.3, 0.4) is 0 Å². The number of hydrogen-bond acceptors (Lipinski definition) is 1. The molecule has 2 aromatic carbocycles. The largest absolute Gasteiger partial charge is 0.298 e. The highest BCUT2D eigenvalue weighted by molar-refractivity contribution is 5.92. The highest BCUT2D eigenvalue weighted by atomic mass is 16.1. The highest BCUT2D eigenvalue weighted by Crippen LogP contribution is 2.40. The van der Waals surface area contributed by atoms with E-state index in [1.54, 1.807) is 0 Å². The van der Waals surface area contributed by atoms with Gasteiger partial charge >= 0.3 is 0 Å². The molecule has 0 aromatic heterocycles. The van der Waals surface area contributed by atoms with Gasteiger partial charge in [0.1, 0.15) is 5.78 Å². The van der Waals surface area contributed by atoms with Gasteiger partial charge in [-0.1, -0.05) is 48.5 Å². The average Bonchev–Trinajstić information content (AvgIpc) is 2.60. The van der Waals surface area contributed by atoms with E-state index in [1.165, 1.54) is 22.3 Å². The molecule has 0 bridgehead atoms. The number of Topliss-reactive ketones (excluding diaryl/α,β-unsaturated/α-hetero) is 1. The van der Waals surface area contributed by atoms with E-state index in [2.05, 4.69) is 48.5 Å². The molecule has 4 rings (SSSR count). The fourth-order valence-electron chi connectivity index (χ4n) is 4.34. The molecule has 1 nitrogen and oxygen atoms in total. The van der Waals surface area contributed by atoms with Crippen LogP contribution in [-0.2, 0) is 17.6 Å². The number of benzene rings is 2. The van der Waals surface area contributed by atoms with Crippen molar-refractivity contribution < 1.29 is 4.79 Å². The van der Waals surface area contributed by atoms with Crippen LogP contribution in [0.4, 0.5) is 0 Å². The Morgan fingerprint density at radius 1 is 0.727 bits per heavy atom. The van der Waals surface area contributed by atoms with Crippen molar-refractivity contribution in [2.24, 2.45) is 0 Å². The van der Waals surface area contributed by atoms with Gasteiger partial charge in [0, 0.05) is 11.8 Å². The zero-order valence-electron chi connectivity index (χ0n) is 12.9. The van der Waals surface area contributed by atoms with Crippen LogP contribution in [-0.4, -0.2) is 5.78 Å². The zero-order chi connectivity index (χ0) is 14.9. The number of hydrogen-bond donors (Lipinski definition) is 0. The molecule has 0 aliphatic heterocycles. The molecule has 0 heterocycles. The van der Waals surface area contributed by atoms with Crippen LogP contribution in [0.2, 0.25) is 0 Å². The Bertz CT molecular complexity index is 641. The third-order valence-corrected chi connectivity index (χ3v) is 5.43. The van der Waals surface area contributed by atoms with Gasteiger partial charge in [0.2, 0.25) is 0 Å². The average molecular weight is 290 g/mol. The monoisotopic (exact) mass is 290 g/mol. The molecular formula is C21H22O.